The van der Waals surface area contributed by atoms with Crippen LogP contribution in [0.5, 0.6) is 17.2 Å². The SMILES string of the molecule is CCCN(CC(=O)Nc1cc(OC)c(OC)c(OC)c1)CC(F)(F)F. The zero-order chi connectivity index (χ0) is 19.0. The maximum Gasteiger partial charge on any atom is 0.401 e. The maximum absolute atomic E-state index is 12.6. The van der Waals surface area contributed by atoms with E-state index in [0.717, 1.165) is 4.90 Å². The fourth-order valence-corrected chi connectivity index (χ4v) is 2.34. The van der Waals surface area contributed by atoms with E-state index < -0.39 is 18.6 Å². The molecule has 0 aromatic heterocycles. The number of halogens is 3. The average Bonchev–Trinajstić information content (AvgIpc) is 2.52. The Morgan fingerprint density at radius 1 is 1.12 bits per heavy atom. The van der Waals surface area contributed by atoms with E-state index >= 15 is 0 Å². The van der Waals surface area contributed by atoms with Crippen LogP contribution in [0.4, 0.5) is 18.9 Å². The van der Waals surface area contributed by atoms with Crippen molar-refractivity contribution in [1.82, 2.24) is 4.90 Å². The van der Waals surface area contributed by atoms with E-state index in [9.17, 15) is 18.0 Å². The molecule has 0 aliphatic rings. The molecule has 0 bridgehead atoms. The zero-order valence-corrected chi connectivity index (χ0v) is 14.7. The number of ether oxygens (including phenoxy) is 3. The number of nitrogens with zero attached hydrogens (tertiary/aromatic N) is 1. The number of amides is 1. The van der Waals surface area contributed by atoms with E-state index in [0.29, 0.717) is 29.4 Å². The highest BCUT2D eigenvalue weighted by Crippen LogP contribution is 2.39. The fraction of sp³-hybridized carbons (Fsp3) is 0.562. The molecule has 0 aliphatic carbocycles. The van der Waals surface area contributed by atoms with Crippen molar-refractivity contribution in [2.75, 3.05) is 46.3 Å². The van der Waals surface area contributed by atoms with Crippen molar-refractivity contribution in [2.45, 2.75) is 19.5 Å². The summed E-state index contributed by atoms with van der Waals surface area (Å²) in [7, 11) is 4.29. The zero-order valence-electron chi connectivity index (χ0n) is 14.7. The number of anilines is 1. The number of alkyl halides is 3. The van der Waals surface area contributed by atoms with Crippen molar-refractivity contribution >= 4 is 11.6 Å². The van der Waals surface area contributed by atoms with Crippen molar-refractivity contribution < 1.29 is 32.2 Å². The molecular weight excluding hydrogens is 341 g/mol. The van der Waals surface area contributed by atoms with Gasteiger partial charge in [0, 0.05) is 17.8 Å². The standard InChI is InChI=1S/C16H23F3N2O4/c1-5-6-21(10-16(17,18)19)9-14(22)20-11-7-12(23-2)15(25-4)13(8-11)24-3/h7-8H,5-6,9-10H2,1-4H3,(H,20,22). The minimum absolute atomic E-state index is 0.169. The number of rotatable bonds is 9. The van der Waals surface area contributed by atoms with Crippen molar-refractivity contribution in [3.63, 3.8) is 0 Å². The lowest BCUT2D eigenvalue weighted by molar-refractivity contribution is -0.147. The van der Waals surface area contributed by atoms with Crippen molar-refractivity contribution in [2.24, 2.45) is 0 Å². The number of hydrogen-bond donors (Lipinski definition) is 1. The van der Waals surface area contributed by atoms with E-state index in [1.165, 1.54) is 33.5 Å². The predicted molar refractivity (Wildman–Crippen MR) is 87.5 cm³/mol. The Morgan fingerprint density at radius 2 is 1.68 bits per heavy atom. The Hall–Kier alpha value is -2.16. The second-order valence-corrected chi connectivity index (χ2v) is 5.29. The topological polar surface area (TPSA) is 60.0 Å². The lowest BCUT2D eigenvalue weighted by Crippen LogP contribution is -2.40. The fourth-order valence-electron chi connectivity index (χ4n) is 2.34. The van der Waals surface area contributed by atoms with Gasteiger partial charge in [0.2, 0.25) is 11.7 Å². The molecule has 1 aromatic carbocycles. The molecule has 1 aromatic rings. The third kappa shape index (κ3) is 6.69. The molecule has 0 spiro atoms. The van der Waals surface area contributed by atoms with E-state index in [-0.39, 0.29) is 13.1 Å². The van der Waals surface area contributed by atoms with Gasteiger partial charge in [0.25, 0.3) is 0 Å². The predicted octanol–water partition coefficient (Wildman–Crippen LogP) is 2.93. The van der Waals surface area contributed by atoms with Gasteiger partial charge in [-0.3, -0.25) is 9.69 Å². The van der Waals surface area contributed by atoms with E-state index in [1.807, 2.05) is 0 Å². The van der Waals surface area contributed by atoms with Gasteiger partial charge in [-0.1, -0.05) is 6.92 Å². The monoisotopic (exact) mass is 364 g/mol. The molecule has 9 heteroatoms. The van der Waals surface area contributed by atoms with E-state index in [4.69, 9.17) is 14.2 Å². The van der Waals surface area contributed by atoms with Gasteiger partial charge in [-0.05, 0) is 13.0 Å². The van der Waals surface area contributed by atoms with Crippen molar-refractivity contribution in [3.05, 3.63) is 12.1 Å². The first-order chi connectivity index (χ1) is 11.7. The van der Waals surface area contributed by atoms with Gasteiger partial charge in [0.15, 0.2) is 11.5 Å². The summed E-state index contributed by atoms with van der Waals surface area (Å²) < 4.78 is 53.2. The molecule has 1 amide bonds. The largest absolute Gasteiger partial charge is 0.493 e. The summed E-state index contributed by atoms with van der Waals surface area (Å²) in [5.74, 6) is 0.454. The second-order valence-electron chi connectivity index (χ2n) is 5.29. The van der Waals surface area contributed by atoms with Gasteiger partial charge >= 0.3 is 6.18 Å². The molecule has 6 nitrogen and oxygen atoms in total. The third-order valence-electron chi connectivity index (χ3n) is 3.26. The van der Waals surface area contributed by atoms with Crippen molar-refractivity contribution in [3.8, 4) is 17.2 Å². The lowest BCUT2D eigenvalue weighted by atomic mass is 10.2. The molecule has 0 heterocycles. The van der Waals surface area contributed by atoms with Crippen LogP contribution in [0.1, 0.15) is 13.3 Å². The van der Waals surface area contributed by atoms with Gasteiger partial charge in [-0.25, -0.2) is 0 Å². The molecule has 25 heavy (non-hydrogen) atoms. The molecule has 0 atom stereocenters. The maximum atomic E-state index is 12.6. The quantitative estimate of drug-likeness (QED) is 0.730. The van der Waals surface area contributed by atoms with Crippen LogP contribution in [0.15, 0.2) is 12.1 Å². The van der Waals surface area contributed by atoms with Crippen LogP contribution in [0.2, 0.25) is 0 Å². The molecule has 0 radical (unpaired) electrons. The average molecular weight is 364 g/mol. The van der Waals surface area contributed by atoms with Crippen LogP contribution in [0, 0.1) is 0 Å². The van der Waals surface area contributed by atoms with Crippen LogP contribution >= 0.6 is 0 Å². The summed E-state index contributed by atoms with van der Waals surface area (Å²) in [4.78, 5) is 13.2. The first-order valence-corrected chi connectivity index (χ1v) is 7.63. The molecule has 142 valence electrons. The highest BCUT2D eigenvalue weighted by molar-refractivity contribution is 5.93. The lowest BCUT2D eigenvalue weighted by Gasteiger charge is -2.22. The summed E-state index contributed by atoms with van der Waals surface area (Å²) >= 11 is 0. The van der Waals surface area contributed by atoms with Gasteiger partial charge in [-0.2, -0.15) is 13.2 Å². The minimum Gasteiger partial charge on any atom is -0.493 e. The van der Waals surface area contributed by atoms with Crippen LogP contribution < -0.4 is 19.5 Å². The van der Waals surface area contributed by atoms with Gasteiger partial charge < -0.3 is 19.5 Å². The highest BCUT2D eigenvalue weighted by Gasteiger charge is 2.31. The second kappa shape index (κ2) is 9.36. The molecule has 0 unspecified atom stereocenters. The summed E-state index contributed by atoms with van der Waals surface area (Å²) in [6, 6.07) is 3.01. The van der Waals surface area contributed by atoms with Crippen LogP contribution in [0.3, 0.4) is 0 Å². The minimum atomic E-state index is -4.36. The van der Waals surface area contributed by atoms with Gasteiger partial charge in [0.1, 0.15) is 0 Å². The first-order valence-electron chi connectivity index (χ1n) is 7.63. The van der Waals surface area contributed by atoms with Gasteiger partial charge in [-0.15, -0.1) is 0 Å². The van der Waals surface area contributed by atoms with E-state index in [1.54, 1.807) is 6.92 Å². The summed E-state index contributed by atoms with van der Waals surface area (Å²) in [6.07, 6.45) is -3.85. The summed E-state index contributed by atoms with van der Waals surface area (Å²) in [5, 5.41) is 2.55. The van der Waals surface area contributed by atoms with Crippen molar-refractivity contribution in [1.29, 1.82) is 0 Å². The molecule has 1 rings (SSSR count). The molecule has 0 saturated carbocycles. The Morgan fingerprint density at radius 3 is 2.08 bits per heavy atom. The molecule has 1 N–H and O–H groups in total. The van der Waals surface area contributed by atoms with Crippen LogP contribution in [-0.4, -0.2) is 57.9 Å². The third-order valence-corrected chi connectivity index (χ3v) is 3.26. The highest BCUT2D eigenvalue weighted by atomic mass is 19.4. The van der Waals surface area contributed by atoms with Crippen LogP contribution in [0.25, 0.3) is 0 Å². The first kappa shape index (κ1) is 20.9. The summed E-state index contributed by atoms with van der Waals surface area (Å²) in [5.41, 5.74) is 0.336. The number of methoxy groups -OCH3 is 3. The number of nitrogens with one attached hydrogen (secondary N) is 1. The van der Waals surface area contributed by atoms with Gasteiger partial charge in [0.05, 0.1) is 34.4 Å². The molecule has 0 saturated heterocycles. The normalized spacial score (nSPS) is 11.4. The van der Waals surface area contributed by atoms with Crippen LogP contribution in [-0.2, 0) is 4.79 Å². The Labute approximate surface area is 144 Å². The number of hydrogen-bond acceptors (Lipinski definition) is 5. The Balaban J connectivity index is 2.88. The smallest absolute Gasteiger partial charge is 0.401 e. The van der Waals surface area contributed by atoms with E-state index in [2.05, 4.69) is 5.32 Å². The molecule has 0 fully saturated rings. The Kier molecular flexibility index (Phi) is 7.82. The molecular formula is C16H23F3N2O4. The Bertz CT molecular complexity index is 554. The number of carbonyl (C=O) groups is 1. The number of benzene rings is 1. The summed E-state index contributed by atoms with van der Waals surface area (Å²) in [6.45, 7) is 0.413. The molecule has 0 aliphatic heterocycles. The number of carbonyl (C=O) groups excluding carboxylic acids is 1.